The molecular formula is C18H30N4O2S. The van der Waals surface area contributed by atoms with Gasteiger partial charge in [-0.3, -0.25) is 0 Å². The molecule has 0 aromatic rings. The first-order chi connectivity index (χ1) is 12.0. The van der Waals surface area contributed by atoms with Crippen molar-refractivity contribution in [1.29, 1.82) is 15.8 Å². The molecule has 0 radical (unpaired) electrons. The molecule has 7 heteroatoms. The summed E-state index contributed by atoms with van der Waals surface area (Å²) in [5.41, 5.74) is 0. The lowest BCUT2D eigenvalue weighted by Gasteiger charge is -2.24. The number of hydrogen-bond donors (Lipinski definition) is 0. The Morgan fingerprint density at radius 1 is 0.840 bits per heavy atom. The summed E-state index contributed by atoms with van der Waals surface area (Å²) in [6.45, 7) is 2.76. The first-order valence-corrected chi connectivity index (χ1v) is 10.7. The third-order valence-corrected chi connectivity index (χ3v) is 6.22. The molecule has 6 nitrogen and oxygen atoms in total. The minimum absolute atomic E-state index is 0.337. The largest absolute Gasteiger partial charge is 0.230 e. The lowest BCUT2D eigenvalue weighted by Crippen LogP contribution is -2.39. The molecule has 0 amide bonds. The van der Waals surface area contributed by atoms with E-state index in [4.69, 9.17) is 10.5 Å². The monoisotopic (exact) mass is 366 g/mol. The highest BCUT2D eigenvalue weighted by atomic mass is 32.2. The molecule has 0 aromatic carbocycles. The van der Waals surface area contributed by atoms with Gasteiger partial charge in [0.05, 0.1) is 18.2 Å². The maximum Gasteiger partial charge on any atom is 0.230 e. The fourth-order valence-corrected chi connectivity index (χ4v) is 4.29. The molecule has 25 heavy (non-hydrogen) atoms. The Morgan fingerprint density at radius 3 is 1.84 bits per heavy atom. The molecule has 0 aliphatic rings. The van der Waals surface area contributed by atoms with E-state index in [1.165, 1.54) is 4.31 Å². The van der Waals surface area contributed by atoms with Gasteiger partial charge in [-0.25, -0.2) is 12.7 Å². The smallest absolute Gasteiger partial charge is 0.211 e. The van der Waals surface area contributed by atoms with Crippen LogP contribution in [0, 0.1) is 34.0 Å². The van der Waals surface area contributed by atoms with Crippen molar-refractivity contribution in [2.24, 2.45) is 0 Å². The summed E-state index contributed by atoms with van der Waals surface area (Å²) in [6, 6.07) is 6.08. The standard InChI is InChI=1S/C18H30N4O2S/c1-2-3-4-7-12-18(17-21)25(23,24)22(15-10-5-8-13-19)16-11-6-9-14-20/h18H,2-12,15-16H2,1H3. The second-order valence-electron chi connectivity index (χ2n) is 6.14. The fraction of sp³-hybridized carbons (Fsp3) is 0.833. The zero-order chi connectivity index (χ0) is 19.0. The number of rotatable bonds is 15. The van der Waals surface area contributed by atoms with Crippen LogP contribution < -0.4 is 0 Å². The zero-order valence-electron chi connectivity index (χ0n) is 15.3. The van der Waals surface area contributed by atoms with Crippen LogP contribution in [0.4, 0.5) is 0 Å². The van der Waals surface area contributed by atoms with Gasteiger partial charge in [0, 0.05) is 25.9 Å². The van der Waals surface area contributed by atoms with E-state index >= 15 is 0 Å². The van der Waals surface area contributed by atoms with E-state index in [1.807, 2.05) is 6.07 Å². The minimum Gasteiger partial charge on any atom is -0.211 e. The van der Waals surface area contributed by atoms with Crippen molar-refractivity contribution < 1.29 is 8.42 Å². The van der Waals surface area contributed by atoms with E-state index in [0.717, 1.165) is 25.7 Å². The van der Waals surface area contributed by atoms with Gasteiger partial charge in [0.2, 0.25) is 10.0 Å². The first kappa shape index (κ1) is 23.4. The summed E-state index contributed by atoms with van der Waals surface area (Å²) < 4.78 is 27.1. The number of nitrogens with zero attached hydrogens (tertiary/aromatic N) is 4. The normalized spacial score (nSPS) is 12.3. The Bertz CT molecular complexity index is 547. The molecule has 0 heterocycles. The number of unbranched alkanes of at least 4 members (excludes halogenated alkanes) is 7. The van der Waals surface area contributed by atoms with Gasteiger partial charge in [0.1, 0.15) is 0 Å². The Hall–Kier alpha value is -1.62. The molecule has 0 bridgehead atoms. The van der Waals surface area contributed by atoms with E-state index in [0.29, 0.717) is 58.0 Å². The maximum atomic E-state index is 12.8. The predicted molar refractivity (Wildman–Crippen MR) is 97.6 cm³/mol. The predicted octanol–water partition coefficient (Wildman–Crippen LogP) is 3.87. The Balaban J connectivity index is 4.84. The van der Waals surface area contributed by atoms with Crippen LogP contribution in [-0.4, -0.2) is 31.1 Å². The van der Waals surface area contributed by atoms with Gasteiger partial charge in [-0.15, -0.1) is 0 Å². The summed E-state index contributed by atoms with van der Waals surface area (Å²) in [5.74, 6) is 0. The summed E-state index contributed by atoms with van der Waals surface area (Å²) in [4.78, 5) is 0. The number of hydrogen-bond acceptors (Lipinski definition) is 5. The third-order valence-electron chi connectivity index (χ3n) is 4.08. The second kappa shape index (κ2) is 14.7. The van der Waals surface area contributed by atoms with Crippen molar-refractivity contribution >= 4 is 10.0 Å². The minimum atomic E-state index is -3.67. The highest BCUT2D eigenvalue weighted by Crippen LogP contribution is 2.18. The summed E-state index contributed by atoms with van der Waals surface area (Å²) in [5, 5.41) is 25.5. The van der Waals surface area contributed by atoms with Crippen molar-refractivity contribution in [2.45, 2.75) is 82.8 Å². The van der Waals surface area contributed by atoms with Crippen molar-refractivity contribution in [3.05, 3.63) is 0 Å². The molecular weight excluding hydrogens is 336 g/mol. The lowest BCUT2D eigenvalue weighted by molar-refractivity contribution is 0.386. The molecule has 0 N–H and O–H groups in total. The molecule has 0 rings (SSSR count). The van der Waals surface area contributed by atoms with E-state index in [2.05, 4.69) is 19.1 Å². The molecule has 0 aromatic heterocycles. The molecule has 140 valence electrons. The summed E-state index contributed by atoms with van der Waals surface area (Å²) in [6.07, 6.45) is 7.48. The summed E-state index contributed by atoms with van der Waals surface area (Å²) in [7, 11) is -3.67. The maximum absolute atomic E-state index is 12.8. The van der Waals surface area contributed by atoms with Crippen molar-refractivity contribution in [1.82, 2.24) is 4.31 Å². The van der Waals surface area contributed by atoms with Crippen LogP contribution in [0.2, 0.25) is 0 Å². The molecule has 1 atom stereocenters. The van der Waals surface area contributed by atoms with Crippen molar-refractivity contribution in [2.75, 3.05) is 13.1 Å². The average molecular weight is 367 g/mol. The molecule has 0 aliphatic carbocycles. The highest BCUT2D eigenvalue weighted by molar-refractivity contribution is 7.90. The van der Waals surface area contributed by atoms with E-state index < -0.39 is 15.3 Å². The third kappa shape index (κ3) is 10.1. The first-order valence-electron chi connectivity index (χ1n) is 9.17. The molecule has 0 saturated carbocycles. The van der Waals surface area contributed by atoms with Crippen LogP contribution in [0.15, 0.2) is 0 Å². The fourth-order valence-electron chi connectivity index (χ4n) is 2.57. The summed E-state index contributed by atoms with van der Waals surface area (Å²) >= 11 is 0. The molecule has 0 spiro atoms. The number of nitriles is 3. The van der Waals surface area contributed by atoms with Crippen LogP contribution in [0.1, 0.15) is 77.6 Å². The van der Waals surface area contributed by atoms with Gasteiger partial charge in [0.25, 0.3) is 0 Å². The Labute approximate surface area is 153 Å². The van der Waals surface area contributed by atoms with Crippen LogP contribution in [-0.2, 0) is 10.0 Å². The zero-order valence-corrected chi connectivity index (χ0v) is 16.1. The Kier molecular flexibility index (Phi) is 13.7. The van der Waals surface area contributed by atoms with E-state index in [-0.39, 0.29) is 0 Å². The second-order valence-corrected chi connectivity index (χ2v) is 8.26. The van der Waals surface area contributed by atoms with Crippen LogP contribution in [0.3, 0.4) is 0 Å². The quantitative estimate of drug-likeness (QED) is 0.409. The van der Waals surface area contributed by atoms with Crippen LogP contribution in [0.25, 0.3) is 0 Å². The average Bonchev–Trinajstić information content (AvgIpc) is 2.60. The number of sulfonamides is 1. The molecule has 1 unspecified atom stereocenters. The Morgan fingerprint density at radius 2 is 1.40 bits per heavy atom. The van der Waals surface area contributed by atoms with Gasteiger partial charge < -0.3 is 0 Å². The van der Waals surface area contributed by atoms with Gasteiger partial charge in [0.15, 0.2) is 5.25 Å². The van der Waals surface area contributed by atoms with Crippen LogP contribution in [0.5, 0.6) is 0 Å². The van der Waals surface area contributed by atoms with Gasteiger partial charge in [-0.2, -0.15) is 15.8 Å². The van der Waals surface area contributed by atoms with Gasteiger partial charge >= 0.3 is 0 Å². The lowest BCUT2D eigenvalue weighted by atomic mass is 10.1. The molecule has 0 aliphatic heterocycles. The van der Waals surface area contributed by atoms with Crippen molar-refractivity contribution in [3.63, 3.8) is 0 Å². The van der Waals surface area contributed by atoms with Crippen molar-refractivity contribution in [3.8, 4) is 18.2 Å². The SMILES string of the molecule is CCCCCCC(C#N)S(=O)(=O)N(CCCCC#N)CCCCC#N. The molecule has 0 fully saturated rings. The molecule has 0 saturated heterocycles. The van der Waals surface area contributed by atoms with E-state index in [9.17, 15) is 13.7 Å². The highest BCUT2D eigenvalue weighted by Gasteiger charge is 2.31. The van der Waals surface area contributed by atoms with E-state index in [1.54, 1.807) is 0 Å². The van der Waals surface area contributed by atoms with Crippen LogP contribution >= 0.6 is 0 Å². The topological polar surface area (TPSA) is 109 Å². The van der Waals surface area contributed by atoms with Gasteiger partial charge in [-0.1, -0.05) is 32.6 Å². The van der Waals surface area contributed by atoms with Gasteiger partial charge in [-0.05, 0) is 32.1 Å².